The van der Waals surface area contributed by atoms with E-state index in [2.05, 4.69) is 9.97 Å². The number of nitriles is 1. The van der Waals surface area contributed by atoms with Gasteiger partial charge in [0.05, 0.1) is 0 Å². The Morgan fingerprint density at radius 2 is 1.92 bits per heavy atom. The molecule has 0 radical (unpaired) electrons. The first kappa shape index (κ1) is 18.4. The molecular weight excluding hydrogens is 318 g/mol. The maximum atomic E-state index is 11.7. The number of esters is 1. The van der Waals surface area contributed by atoms with Crippen LogP contribution >= 0.6 is 0 Å². The van der Waals surface area contributed by atoms with Crippen LogP contribution in [0.25, 0.3) is 0 Å². The first-order chi connectivity index (χ1) is 11.9. The van der Waals surface area contributed by atoms with Crippen molar-refractivity contribution in [2.24, 2.45) is 0 Å². The maximum Gasteiger partial charge on any atom is 0.306 e. The highest BCUT2D eigenvalue weighted by Crippen LogP contribution is 2.20. The third kappa shape index (κ3) is 6.60. The molecule has 0 fully saturated rings. The smallest absolute Gasteiger partial charge is 0.306 e. The molecule has 2 rings (SSSR count). The fraction of sp³-hybridized carbons (Fsp3) is 0.368. The Hall–Kier alpha value is -2.94. The largest absolute Gasteiger partial charge is 0.460 e. The topological polar surface area (TPSA) is 85.1 Å². The quantitative estimate of drug-likeness (QED) is 0.744. The minimum Gasteiger partial charge on any atom is -0.460 e. The molecule has 0 aliphatic rings. The minimum atomic E-state index is -0.442. The fourth-order valence-electron chi connectivity index (χ4n) is 2.13. The first-order valence-corrected chi connectivity index (χ1v) is 8.06. The van der Waals surface area contributed by atoms with Gasteiger partial charge in [0.25, 0.3) is 0 Å². The molecule has 0 N–H and O–H groups in total. The van der Waals surface area contributed by atoms with Crippen molar-refractivity contribution in [3.05, 3.63) is 47.9 Å². The van der Waals surface area contributed by atoms with Crippen molar-refractivity contribution in [3.63, 3.8) is 0 Å². The second kappa shape index (κ2) is 8.25. The normalized spacial score (nSPS) is 10.8. The van der Waals surface area contributed by atoms with Crippen LogP contribution in [0.1, 0.15) is 44.9 Å². The van der Waals surface area contributed by atoms with E-state index in [9.17, 15) is 4.79 Å². The maximum absolute atomic E-state index is 11.7. The highest BCUT2D eigenvalue weighted by atomic mass is 16.6. The Morgan fingerprint density at radius 3 is 2.56 bits per heavy atom. The fourth-order valence-corrected chi connectivity index (χ4v) is 2.13. The molecule has 0 spiro atoms. The van der Waals surface area contributed by atoms with Gasteiger partial charge in [0, 0.05) is 12.5 Å². The summed E-state index contributed by atoms with van der Waals surface area (Å²) in [6.45, 7) is 5.59. The number of aromatic nitrogens is 2. The van der Waals surface area contributed by atoms with Gasteiger partial charge in [0.15, 0.2) is 0 Å². The first-order valence-electron chi connectivity index (χ1n) is 8.06. The molecule has 0 saturated heterocycles. The van der Waals surface area contributed by atoms with Crippen LogP contribution in [0.15, 0.2) is 36.7 Å². The van der Waals surface area contributed by atoms with Crippen molar-refractivity contribution in [1.82, 2.24) is 9.97 Å². The van der Waals surface area contributed by atoms with Crippen molar-refractivity contribution in [3.8, 4) is 17.7 Å². The molecule has 25 heavy (non-hydrogen) atoms. The van der Waals surface area contributed by atoms with Crippen LogP contribution in [0.3, 0.4) is 0 Å². The van der Waals surface area contributed by atoms with Crippen LogP contribution < -0.4 is 4.74 Å². The van der Waals surface area contributed by atoms with Gasteiger partial charge in [-0.25, -0.2) is 9.97 Å². The molecule has 0 unspecified atom stereocenters. The van der Waals surface area contributed by atoms with Gasteiger partial charge in [0.2, 0.25) is 5.88 Å². The zero-order valence-corrected chi connectivity index (χ0v) is 14.7. The third-order valence-corrected chi connectivity index (χ3v) is 3.17. The number of rotatable bonds is 6. The van der Waals surface area contributed by atoms with Crippen LogP contribution in [0.5, 0.6) is 11.6 Å². The number of aryl methyl sites for hydroxylation is 1. The highest BCUT2D eigenvalue weighted by Gasteiger charge is 2.15. The van der Waals surface area contributed by atoms with Gasteiger partial charge in [-0.3, -0.25) is 4.79 Å². The van der Waals surface area contributed by atoms with E-state index < -0.39 is 5.60 Å². The molecule has 0 bridgehead atoms. The van der Waals surface area contributed by atoms with E-state index in [1.165, 1.54) is 12.4 Å². The van der Waals surface area contributed by atoms with E-state index in [1.807, 2.05) is 51.1 Å². The summed E-state index contributed by atoms with van der Waals surface area (Å²) >= 11 is 0. The van der Waals surface area contributed by atoms with Gasteiger partial charge < -0.3 is 9.47 Å². The third-order valence-electron chi connectivity index (χ3n) is 3.17. The predicted octanol–water partition coefficient (Wildman–Crippen LogP) is 3.80. The lowest BCUT2D eigenvalue weighted by Crippen LogP contribution is -2.23. The Bertz CT molecular complexity index is 759. The standard InChI is InChI=1S/C19H21N3O3/c1-19(2,3)25-18(23)6-4-5-14-7-9-16(10-8-14)24-17-11-15(12-20)21-13-22-17/h7-11,13H,4-6H2,1-3H3. The minimum absolute atomic E-state index is 0.176. The van der Waals surface area contributed by atoms with Crippen molar-refractivity contribution in [1.29, 1.82) is 5.26 Å². The molecule has 1 aromatic carbocycles. The Balaban J connectivity index is 1.83. The lowest BCUT2D eigenvalue weighted by atomic mass is 10.1. The van der Waals surface area contributed by atoms with Crippen molar-refractivity contribution in [2.45, 2.75) is 45.6 Å². The number of nitrogens with zero attached hydrogens (tertiary/aromatic N) is 3. The van der Waals surface area contributed by atoms with Crippen molar-refractivity contribution in [2.75, 3.05) is 0 Å². The zero-order chi connectivity index (χ0) is 18.3. The SMILES string of the molecule is CC(C)(C)OC(=O)CCCc1ccc(Oc2cc(C#N)ncn2)cc1. The summed E-state index contributed by atoms with van der Waals surface area (Å²) in [4.78, 5) is 19.4. The van der Waals surface area contributed by atoms with E-state index in [1.54, 1.807) is 0 Å². The summed E-state index contributed by atoms with van der Waals surface area (Å²) < 4.78 is 10.9. The molecule has 6 heteroatoms. The Labute approximate surface area is 147 Å². The molecule has 0 amide bonds. The van der Waals surface area contributed by atoms with Gasteiger partial charge >= 0.3 is 5.97 Å². The van der Waals surface area contributed by atoms with E-state index in [0.717, 1.165) is 18.4 Å². The lowest BCUT2D eigenvalue weighted by molar-refractivity contribution is -0.154. The molecular formula is C19H21N3O3. The molecule has 1 aromatic heterocycles. The second-order valence-electron chi connectivity index (χ2n) is 6.54. The van der Waals surface area contributed by atoms with E-state index >= 15 is 0 Å². The van der Waals surface area contributed by atoms with Crippen LogP contribution in [-0.4, -0.2) is 21.5 Å². The zero-order valence-electron chi connectivity index (χ0n) is 14.7. The summed E-state index contributed by atoms with van der Waals surface area (Å²) in [7, 11) is 0. The molecule has 0 aliphatic heterocycles. The number of benzene rings is 1. The van der Waals surface area contributed by atoms with Gasteiger partial charge in [-0.1, -0.05) is 12.1 Å². The average Bonchev–Trinajstić information content (AvgIpc) is 2.55. The summed E-state index contributed by atoms with van der Waals surface area (Å²) in [5, 5.41) is 8.82. The molecule has 1 heterocycles. The summed E-state index contributed by atoms with van der Waals surface area (Å²) in [5.74, 6) is 0.771. The van der Waals surface area contributed by atoms with Gasteiger partial charge in [-0.05, 0) is 51.3 Å². The summed E-state index contributed by atoms with van der Waals surface area (Å²) in [6, 6.07) is 11.0. The summed E-state index contributed by atoms with van der Waals surface area (Å²) in [6.07, 6.45) is 3.20. The molecule has 2 aromatic rings. The van der Waals surface area contributed by atoms with Crippen LogP contribution in [-0.2, 0) is 16.0 Å². The second-order valence-corrected chi connectivity index (χ2v) is 6.54. The van der Waals surface area contributed by atoms with E-state index in [-0.39, 0.29) is 11.7 Å². The lowest BCUT2D eigenvalue weighted by Gasteiger charge is -2.19. The Morgan fingerprint density at radius 1 is 1.20 bits per heavy atom. The molecule has 0 aliphatic carbocycles. The van der Waals surface area contributed by atoms with E-state index in [0.29, 0.717) is 18.1 Å². The van der Waals surface area contributed by atoms with Gasteiger partial charge in [-0.15, -0.1) is 0 Å². The number of ether oxygens (including phenoxy) is 2. The molecule has 6 nitrogen and oxygen atoms in total. The van der Waals surface area contributed by atoms with Crippen LogP contribution in [0, 0.1) is 11.3 Å². The molecule has 130 valence electrons. The van der Waals surface area contributed by atoms with Gasteiger partial charge in [0.1, 0.15) is 29.4 Å². The number of hydrogen-bond acceptors (Lipinski definition) is 6. The van der Waals surface area contributed by atoms with Crippen LogP contribution in [0.4, 0.5) is 0 Å². The number of carbonyl (C=O) groups is 1. The van der Waals surface area contributed by atoms with Crippen LogP contribution in [0.2, 0.25) is 0 Å². The van der Waals surface area contributed by atoms with Crippen molar-refractivity contribution >= 4 is 5.97 Å². The highest BCUT2D eigenvalue weighted by molar-refractivity contribution is 5.69. The number of carbonyl (C=O) groups excluding carboxylic acids is 1. The van der Waals surface area contributed by atoms with E-state index in [4.69, 9.17) is 14.7 Å². The monoisotopic (exact) mass is 339 g/mol. The summed E-state index contributed by atoms with van der Waals surface area (Å²) in [5.41, 5.74) is 0.919. The predicted molar refractivity (Wildman–Crippen MR) is 92.0 cm³/mol. The molecule has 0 saturated carbocycles. The number of hydrogen-bond donors (Lipinski definition) is 0. The molecule has 0 atom stereocenters. The average molecular weight is 339 g/mol. The van der Waals surface area contributed by atoms with Crippen molar-refractivity contribution < 1.29 is 14.3 Å². The van der Waals surface area contributed by atoms with Gasteiger partial charge in [-0.2, -0.15) is 5.26 Å². The Kier molecular flexibility index (Phi) is 6.07.